The van der Waals surface area contributed by atoms with E-state index in [4.69, 9.17) is 0 Å². The van der Waals surface area contributed by atoms with E-state index in [0.29, 0.717) is 12.0 Å². The van der Waals surface area contributed by atoms with Gasteiger partial charge in [0.05, 0.1) is 6.54 Å². The number of carbonyl (C=O) groups excluding carboxylic acids is 3. The van der Waals surface area contributed by atoms with Gasteiger partial charge < -0.3 is 10.4 Å². The molecule has 7 nitrogen and oxygen atoms in total. The molecule has 134 valence electrons. The molecule has 0 spiro atoms. The molecule has 0 aromatic heterocycles. The fourth-order valence-electron chi connectivity index (χ4n) is 2.68. The second-order valence-corrected chi connectivity index (χ2v) is 6.56. The summed E-state index contributed by atoms with van der Waals surface area (Å²) in [4.78, 5) is 47.9. The van der Waals surface area contributed by atoms with Crippen molar-refractivity contribution >= 4 is 23.7 Å². The van der Waals surface area contributed by atoms with Crippen LogP contribution < -0.4 is 5.32 Å². The van der Waals surface area contributed by atoms with E-state index in [-0.39, 0.29) is 37.1 Å². The smallest absolute Gasteiger partial charge is 0.326 e. The van der Waals surface area contributed by atoms with Gasteiger partial charge >= 0.3 is 5.97 Å². The number of likely N-dealkylation sites (tertiary alicyclic amines) is 1. The van der Waals surface area contributed by atoms with E-state index < -0.39 is 17.9 Å². The highest BCUT2D eigenvalue weighted by molar-refractivity contribution is 6.01. The quantitative estimate of drug-likeness (QED) is 0.729. The van der Waals surface area contributed by atoms with Crippen LogP contribution in [0.3, 0.4) is 0 Å². The van der Waals surface area contributed by atoms with Crippen LogP contribution in [0.15, 0.2) is 24.3 Å². The van der Waals surface area contributed by atoms with Crippen molar-refractivity contribution in [3.05, 3.63) is 35.4 Å². The minimum atomic E-state index is -1.07. The Morgan fingerprint density at radius 1 is 1.12 bits per heavy atom. The lowest BCUT2D eigenvalue weighted by Gasteiger charge is -2.17. The predicted octanol–water partition coefficient (Wildman–Crippen LogP) is 1.56. The first-order valence-corrected chi connectivity index (χ1v) is 8.23. The number of hydrogen-bond acceptors (Lipinski definition) is 4. The van der Waals surface area contributed by atoms with Gasteiger partial charge in [0, 0.05) is 18.4 Å². The summed E-state index contributed by atoms with van der Waals surface area (Å²) in [7, 11) is 0. The average Bonchev–Trinajstić information content (AvgIpc) is 2.86. The third-order valence-electron chi connectivity index (χ3n) is 4.02. The van der Waals surface area contributed by atoms with Crippen molar-refractivity contribution in [2.45, 2.75) is 45.7 Å². The molecule has 1 aliphatic heterocycles. The lowest BCUT2D eigenvalue weighted by atomic mass is 10.0. The molecule has 0 bridgehead atoms. The number of carboxylic acids is 1. The van der Waals surface area contributed by atoms with Crippen molar-refractivity contribution in [1.82, 2.24) is 10.2 Å². The molecule has 0 aliphatic carbocycles. The molecule has 0 radical (unpaired) electrons. The second kappa shape index (κ2) is 7.92. The molecule has 1 fully saturated rings. The number of carboxylic acid groups (broad SMARTS) is 1. The van der Waals surface area contributed by atoms with E-state index in [2.05, 4.69) is 5.32 Å². The Morgan fingerprint density at radius 2 is 1.68 bits per heavy atom. The molecule has 1 heterocycles. The van der Waals surface area contributed by atoms with Crippen LogP contribution in [-0.4, -0.2) is 39.7 Å². The number of carbonyl (C=O) groups is 4. The van der Waals surface area contributed by atoms with Crippen molar-refractivity contribution < 1.29 is 24.3 Å². The molecule has 1 aromatic rings. The first kappa shape index (κ1) is 18.6. The molecular formula is C18H22N2O5. The maximum Gasteiger partial charge on any atom is 0.326 e. The molecule has 0 saturated carbocycles. The molecule has 1 aliphatic rings. The fourth-order valence-corrected chi connectivity index (χ4v) is 2.68. The van der Waals surface area contributed by atoms with E-state index in [1.165, 1.54) is 4.90 Å². The number of nitrogens with one attached hydrogen (secondary N) is 1. The van der Waals surface area contributed by atoms with Crippen LogP contribution in [0, 0.1) is 5.92 Å². The monoisotopic (exact) mass is 346 g/mol. The summed E-state index contributed by atoms with van der Waals surface area (Å²) >= 11 is 0. The number of rotatable bonds is 7. The van der Waals surface area contributed by atoms with Crippen LogP contribution in [0.1, 0.15) is 49.0 Å². The predicted molar refractivity (Wildman–Crippen MR) is 89.6 cm³/mol. The number of nitrogens with zero attached hydrogens (tertiary/aromatic N) is 1. The number of imide groups is 1. The van der Waals surface area contributed by atoms with Crippen LogP contribution in [-0.2, 0) is 20.9 Å². The van der Waals surface area contributed by atoms with Crippen molar-refractivity contribution in [3.8, 4) is 0 Å². The van der Waals surface area contributed by atoms with Gasteiger partial charge in [0.1, 0.15) is 6.04 Å². The standard InChI is InChI=1S/C18H22N2O5/c1-11(2)9-14(18(24)25)19-17(23)13-5-3-12(4-6-13)10-20-15(21)7-8-16(20)22/h3-6,11,14H,7-10H2,1-2H3,(H,19,23)(H,24,25). The summed E-state index contributed by atoms with van der Waals surface area (Å²) in [5.74, 6) is -1.77. The van der Waals surface area contributed by atoms with Gasteiger partial charge in [0.25, 0.3) is 5.91 Å². The molecular weight excluding hydrogens is 324 g/mol. The van der Waals surface area contributed by atoms with Crippen molar-refractivity contribution in [2.24, 2.45) is 5.92 Å². The third kappa shape index (κ3) is 4.89. The Bertz CT molecular complexity index is 665. The lowest BCUT2D eigenvalue weighted by Crippen LogP contribution is -2.41. The Kier molecular flexibility index (Phi) is 5.90. The summed E-state index contributed by atoms with van der Waals surface area (Å²) in [5, 5.41) is 11.7. The number of benzene rings is 1. The number of amides is 3. The molecule has 2 rings (SSSR count). The fraction of sp³-hybridized carbons (Fsp3) is 0.444. The van der Waals surface area contributed by atoms with Gasteiger partial charge in [0.15, 0.2) is 0 Å². The van der Waals surface area contributed by atoms with Gasteiger partial charge in [-0.25, -0.2) is 4.79 Å². The number of aliphatic carboxylic acids is 1. The maximum atomic E-state index is 12.2. The second-order valence-electron chi connectivity index (χ2n) is 6.56. The molecule has 1 aromatic carbocycles. The zero-order valence-corrected chi connectivity index (χ0v) is 14.3. The van der Waals surface area contributed by atoms with Gasteiger partial charge in [0.2, 0.25) is 11.8 Å². The Labute approximate surface area is 146 Å². The largest absolute Gasteiger partial charge is 0.480 e. The zero-order valence-electron chi connectivity index (χ0n) is 14.3. The van der Waals surface area contributed by atoms with E-state index in [9.17, 15) is 24.3 Å². The molecule has 7 heteroatoms. The van der Waals surface area contributed by atoms with Gasteiger partial charge in [-0.1, -0.05) is 26.0 Å². The van der Waals surface area contributed by atoms with E-state index in [0.717, 1.165) is 5.56 Å². The summed E-state index contributed by atoms with van der Waals surface area (Å²) in [6, 6.07) is 5.50. The van der Waals surface area contributed by atoms with Crippen LogP contribution in [0.2, 0.25) is 0 Å². The van der Waals surface area contributed by atoms with Gasteiger partial charge in [-0.3, -0.25) is 19.3 Å². The summed E-state index contributed by atoms with van der Waals surface area (Å²) < 4.78 is 0. The molecule has 1 unspecified atom stereocenters. The third-order valence-corrected chi connectivity index (χ3v) is 4.02. The first-order valence-electron chi connectivity index (χ1n) is 8.23. The van der Waals surface area contributed by atoms with Crippen molar-refractivity contribution in [1.29, 1.82) is 0 Å². The molecule has 2 N–H and O–H groups in total. The molecule has 1 atom stereocenters. The Morgan fingerprint density at radius 3 is 2.16 bits per heavy atom. The van der Waals surface area contributed by atoms with E-state index >= 15 is 0 Å². The first-order chi connectivity index (χ1) is 11.8. The van der Waals surface area contributed by atoms with Crippen LogP contribution in [0.25, 0.3) is 0 Å². The van der Waals surface area contributed by atoms with E-state index in [1.807, 2.05) is 13.8 Å². The average molecular weight is 346 g/mol. The summed E-state index contributed by atoms with van der Waals surface area (Å²) in [5.41, 5.74) is 1.06. The molecule has 3 amide bonds. The van der Waals surface area contributed by atoms with Gasteiger partial charge in [-0.2, -0.15) is 0 Å². The van der Waals surface area contributed by atoms with Crippen LogP contribution >= 0.6 is 0 Å². The van der Waals surface area contributed by atoms with Gasteiger partial charge in [-0.15, -0.1) is 0 Å². The Balaban J connectivity index is 2.01. The highest BCUT2D eigenvalue weighted by Gasteiger charge is 2.28. The van der Waals surface area contributed by atoms with E-state index in [1.54, 1.807) is 24.3 Å². The summed E-state index contributed by atoms with van der Waals surface area (Å²) in [6.45, 7) is 3.96. The highest BCUT2D eigenvalue weighted by atomic mass is 16.4. The number of hydrogen-bond donors (Lipinski definition) is 2. The summed E-state index contributed by atoms with van der Waals surface area (Å²) in [6.07, 6.45) is 0.829. The lowest BCUT2D eigenvalue weighted by molar-refractivity contribution is -0.140. The topological polar surface area (TPSA) is 104 Å². The Hall–Kier alpha value is -2.70. The zero-order chi connectivity index (χ0) is 18.6. The minimum Gasteiger partial charge on any atom is -0.480 e. The molecule has 1 saturated heterocycles. The SMILES string of the molecule is CC(C)CC(NC(=O)c1ccc(CN2C(=O)CCC2=O)cc1)C(=O)O. The normalized spacial score (nSPS) is 15.6. The van der Waals surface area contributed by atoms with Gasteiger partial charge in [-0.05, 0) is 30.0 Å². The minimum absolute atomic E-state index is 0.138. The van der Waals surface area contributed by atoms with Crippen molar-refractivity contribution in [2.75, 3.05) is 0 Å². The van der Waals surface area contributed by atoms with Crippen LogP contribution in [0.5, 0.6) is 0 Å². The van der Waals surface area contributed by atoms with Crippen molar-refractivity contribution in [3.63, 3.8) is 0 Å². The molecule has 25 heavy (non-hydrogen) atoms. The van der Waals surface area contributed by atoms with Crippen LogP contribution in [0.4, 0.5) is 0 Å². The maximum absolute atomic E-state index is 12.2. The highest BCUT2D eigenvalue weighted by Crippen LogP contribution is 2.16.